The second-order valence-corrected chi connectivity index (χ2v) is 9.76. The second-order valence-electron chi connectivity index (χ2n) is 8.65. The lowest BCUT2D eigenvalue weighted by Gasteiger charge is -2.26. The minimum absolute atomic E-state index is 0.388. The average molecular weight is 484 g/mol. The van der Waals surface area contributed by atoms with Crippen LogP contribution in [0.4, 0.5) is 9.80 Å². The number of nitrogens with one attached hydrogen (secondary N) is 2. The third-order valence-corrected chi connectivity index (χ3v) is 7.64. The van der Waals surface area contributed by atoms with Gasteiger partial charge in [0.2, 0.25) is 5.91 Å². The van der Waals surface area contributed by atoms with E-state index in [1.165, 1.54) is 18.4 Å². The number of hydrogen-bond acceptors (Lipinski definition) is 6. The van der Waals surface area contributed by atoms with E-state index in [0.29, 0.717) is 29.0 Å². The topological polar surface area (TPSA) is 105 Å². The molecule has 1 aromatic carbocycles. The van der Waals surface area contributed by atoms with Gasteiger partial charge in [0, 0.05) is 4.88 Å². The molecule has 1 aliphatic carbocycles. The Hall–Kier alpha value is -3.20. The second kappa shape index (κ2) is 9.97. The van der Waals surface area contributed by atoms with Crippen molar-refractivity contribution in [2.75, 3.05) is 19.0 Å². The molecule has 4 rings (SSSR count). The molecule has 2 aromatic rings. The molecule has 1 aliphatic heterocycles. The quantitative estimate of drug-likeness (QED) is 0.352. The van der Waals surface area contributed by atoms with Gasteiger partial charge < -0.3 is 15.4 Å². The molecule has 0 bridgehead atoms. The first-order valence-electron chi connectivity index (χ1n) is 11.6. The van der Waals surface area contributed by atoms with Gasteiger partial charge in [-0.25, -0.2) is 9.59 Å². The Morgan fingerprint density at radius 2 is 1.88 bits per heavy atom. The number of anilines is 1. The van der Waals surface area contributed by atoms with Crippen molar-refractivity contribution in [1.29, 1.82) is 0 Å². The molecular weight excluding hydrogens is 454 g/mol. The maximum atomic E-state index is 13.4. The molecule has 0 spiro atoms. The van der Waals surface area contributed by atoms with Crippen LogP contribution in [0.1, 0.15) is 65.4 Å². The first-order chi connectivity index (χ1) is 16.4. The number of fused-ring (bicyclic) bond motifs is 1. The summed E-state index contributed by atoms with van der Waals surface area (Å²) < 4.78 is 4.98. The summed E-state index contributed by atoms with van der Waals surface area (Å²) in [5.74, 6) is -1.47. The number of ether oxygens (including phenoxy) is 1. The Balaban J connectivity index is 1.56. The fraction of sp³-hybridized carbons (Fsp3) is 0.440. The zero-order valence-corrected chi connectivity index (χ0v) is 20.3. The highest BCUT2D eigenvalue weighted by molar-refractivity contribution is 7.17. The van der Waals surface area contributed by atoms with Crippen molar-refractivity contribution in [1.82, 2.24) is 10.2 Å². The Kier molecular flexibility index (Phi) is 7.02. The summed E-state index contributed by atoms with van der Waals surface area (Å²) in [5.41, 5.74) is 0.823. The number of benzene rings is 1. The molecule has 1 atom stereocenters. The Bertz CT molecular complexity index is 1110. The van der Waals surface area contributed by atoms with Crippen LogP contribution in [0.5, 0.6) is 0 Å². The Morgan fingerprint density at radius 1 is 1.15 bits per heavy atom. The minimum Gasteiger partial charge on any atom is -0.465 e. The maximum absolute atomic E-state index is 13.4. The van der Waals surface area contributed by atoms with Crippen molar-refractivity contribution in [3.8, 4) is 0 Å². The number of carbonyl (C=O) groups excluding carboxylic acids is 4. The molecular formula is C25H29N3O5S. The van der Waals surface area contributed by atoms with Gasteiger partial charge in [-0.1, -0.05) is 50.1 Å². The minimum atomic E-state index is -1.19. The summed E-state index contributed by atoms with van der Waals surface area (Å²) in [4.78, 5) is 53.8. The molecule has 1 aromatic heterocycles. The van der Waals surface area contributed by atoms with Crippen molar-refractivity contribution in [2.45, 2.75) is 57.4 Å². The van der Waals surface area contributed by atoms with E-state index < -0.39 is 35.9 Å². The van der Waals surface area contributed by atoms with E-state index in [-0.39, 0.29) is 0 Å². The number of carbonyl (C=O) groups is 4. The van der Waals surface area contributed by atoms with Crippen LogP contribution in [0.2, 0.25) is 0 Å². The third kappa shape index (κ3) is 4.32. The van der Waals surface area contributed by atoms with E-state index in [9.17, 15) is 19.2 Å². The van der Waals surface area contributed by atoms with Gasteiger partial charge in [0.25, 0.3) is 5.91 Å². The number of rotatable bonds is 7. The number of urea groups is 1. The summed E-state index contributed by atoms with van der Waals surface area (Å²) in [6.07, 6.45) is 5.80. The standard InChI is InChI=1S/C25H29N3O5S/c1-3-14-25(16-10-6-4-7-11-16)23(31)28(24(32)27-25)15-19(29)26-21-20(22(30)33-2)17-12-8-5-9-13-18(17)34-21/h4,6-7,10-11H,3,5,8-9,12-15H2,1-2H3,(H,26,29)(H,27,32)/t25-/m1/s1. The van der Waals surface area contributed by atoms with Gasteiger partial charge in [0.05, 0.1) is 12.7 Å². The van der Waals surface area contributed by atoms with Crippen LogP contribution < -0.4 is 10.6 Å². The van der Waals surface area contributed by atoms with Crippen molar-refractivity contribution < 1.29 is 23.9 Å². The molecule has 0 saturated carbocycles. The van der Waals surface area contributed by atoms with Gasteiger partial charge in [0.1, 0.15) is 17.1 Å². The Morgan fingerprint density at radius 3 is 2.59 bits per heavy atom. The highest BCUT2D eigenvalue weighted by Crippen LogP contribution is 2.38. The van der Waals surface area contributed by atoms with Gasteiger partial charge in [-0.15, -0.1) is 11.3 Å². The highest BCUT2D eigenvalue weighted by atomic mass is 32.1. The number of thiophene rings is 1. The predicted octanol–water partition coefficient (Wildman–Crippen LogP) is 3.99. The van der Waals surface area contributed by atoms with E-state index in [0.717, 1.165) is 47.4 Å². The van der Waals surface area contributed by atoms with Crippen LogP contribution in [0.25, 0.3) is 0 Å². The highest BCUT2D eigenvalue weighted by Gasteiger charge is 2.52. The number of imide groups is 1. The molecule has 4 amide bonds. The van der Waals surface area contributed by atoms with E-state index >= 15 is 0 Å². The monoisotopic (exact) mass is 483 g/mol. The first-order valence-corrected chi connectivity index (χ1v) is 12.4. The zero-order chi connectivity index (χ0) is 24.3. The normalized spacial score (nSPS) is 19.9. The van der Waals surface area contributed by atoms with Crippen molar-refractivity contribution in [3.05, 3.63) is 51.9 Å². The molecule has 1 fully saturated rings. The van der Waals surface area contributed by atoms with E-state index in [4.69, 9.17) is 4.74 Å². The summed E-state index contributed by atoms with van der Waals surface area (Å²) in [6, 6.07) is 8.48. The number of amides is 4. The fourth-order valence-corrected chi connectivity index (χ4v) is 6.13. The largest absolute Gasteiger partial charge is 0.465 e. The van der Waals surface area contributed by atoms with Crippen LogP contribution >= 0.6 is 11.3 Å². The van der Waals surface area contributed by atoms with E-state index in [1.807, 2.05) is 25.1 Å². The Labute approximate surface area is 202 Å². The molecule has 2 aliphatic rings. The number of esters is 1. The molecule has 9 heteroatoms. The smallest absolute Gasteiger partial charge is 0.341 e. The van der Waals surface area contributed by atoms with Crippen LogP contribution in [0, 0.1) is 0 Å². The average Bonchev–Trinajstić information content (AvgIpc) is 3.16. The van der Waals surface area contributed by atoms with Crippen molar-refractivity contribution in [2.24, 2.45) is 0 Å². The van der Waals surface area contributed by atoms with E-state index in [1.54, 1.807) is 12.1 Å². The molecule has 1 saturated heterocycles. The lowest BCUT2D eigenvalue weighted by Crippen LogP contribution is -2.44. The number of methoxy groups -OCH3 is 1. The molecule has 0 unspecified atom stereocenters. The summed E-state index contributed by atoms with van der Waals surface area (Å²) in [7, 11) is 1.32. The molecule has 2 heterocycles. The van der Waals surface area contributed by atoms with Gasteiger partial charge in [-0.2, -0.15) is 0 Å². The summed E-state index contributed by atoms with van der Waals surface area (Å²) in [5, 5.41) is 6.02. The van der Waals surface area contributed by atoms with Crippen LogP contribution in [0.3, 0.4) is 0 Å². The van der Waals surface area contributed by atoms with Crippen LogP contribution in [0.15, 0.2) is 30.3 Å². The SMILES string of the molecule is CCC[C@]1(c2ccccc2)NC(=O)N(CC(=O)Nc2sc3c(c2C(=O)OC)CCCCC3)C1=O. The zero-order valence-electron chi connectivity index (χ0n) is 19.4. The predicted molar refractivity (Wildman–Crippen MR) is 129 cm³/mol. The first kappa shape index (κ1) is 23.9. The number of hydrogen-bond donors (Lipinski definition) is 2. The van der Waals surface area contributed by atoms with Gasteiger partial charge in [0.15, 0.2) is 0 Å². The van der Waals surface area contributed by atoms with Gasteiger partial charge in [-0.05, 0) is 43.2 Å². The molecule has 34 heavy (non-hydrogen) atoms. The molecule has 0 radical (unpaired) electrons. The number of nitrogens with zero attached hydrogens (tertiary/aromatic N) is 1. The van der Waals surface area contributed by atoms with Gasteiger partial charge in [-0.3, -0.25) is 14.5 Å². The summed E-state index contributed by atoms with van der Waals surface area (Å²) in [6.45, 7) is 1.50. The number of aryl methyl sites for hydroxylation is 1. The van der Waals surface area contributed by atoms with Crippen LogP contribution in [-0.2, 0) is 32.7 Å². The molecule has 2 N–H and O–H groups in total. The maximum Gasteiger partial charge on any atom is 0.341 e. The van der Waals surface area contributed by atoms with Crippen molar-refractivity contribution in [3.63, 3.8) is 0 Å². The molecule has 8 nitrogen and oxygen atoms in total. The van der Waals surface area contributed by atoms with Crippen molar-refractivity contribution >= 4 is 40.2 Å². The molecule has 180 valence electrons. The van der Waals surface area contributed by atoms with E-state index in [2.05, 4.69) is 10.6 Å². The summed E-state index contributed by atoms with van der Waals surface area (Å²) >= 11 is 1.37. The lowest BCUT2D eigenvalue weighted by atomic mass is 9.85. The van der Waals surface area contributed by atoms with Crippen LogP contribution in [-0.4, -0.2) is 42.4 Å². The van der Waals surface area contributed by atoms with Gasteiger partial charge >= 0.3 is 12.0 Å². The lowest BCUT2D eigenvalue weighted by molar-refractivity contribution is -0.134. The third-order valence-electron chi connectivity index (χ3n) is 6.43. The fourth-order valence-electron chi connectivity index (χ4n) is 4.84.